The molecule has 1 aromatic rings. The highest BCUT2D eigenvalue weighted by Gasteiger charge is 2.16. The Balaban J connectivity index is 2.78. The average Bonchev–Trinajstić information content (AvgIpc) is 2.28. The van der Waals surface area contributed by atoms with Crippen molar-refractivity contribution >= 4 is 5.91 Å². The molecule has 0 aliphatic heterocycles. The first-order chi connectivity index (χ1) is 8.00. The average molecular weight is 234 g/mol. The van der Waals surface area contributed by atoms with Crippen molar-refractivity contribution in [2.24, 2.45) is 5.92 Å². The molecule has 0 saturated carbocycles. The highest BCUT2D eigenvalue weighted by molar-refractivity contribution is 5.78. The normalized spacial score (nSPS) is 12.8. The molecule has 0 fully saturated rings. The van der Waals surface area contributed by atoms with Crippen LogP contribution < -0.4 is 5.32 Å². The van der Waals surface area contributed by atoms with Crippen molar-refractivity contribution in [3.05, 3.63) is 35.9 Å². The van der Waals surface area contributed by atoms with Gasteiger partial charge in [0.2, 0.25) is 5.91 Å². The fourth-order valence-electron chi connectivity index (χ4n) is 1.62. The van der Waals surface area contributed by atoms with Gasteiger partial charge in [-0.25, -0.2) is 0 Å². The molecule has 0 saturated heterocycles. The number of likely N-dealkylation sites (N-methyl/N-ethyl adjacent to an activating group) is 1. The van der Waals surface area contributed by atoms with E-state index in [9.17, 15) is 4.79 Å². The second-order valence-corrected chi connectivity index (χ2v) is 4.89. The summed E-state index contributed by atoms with van der Waals surface area (Å²) < 4.78 is 0. The molecular weight excluding hydrogens is 212 g/mol. The predicted octanol–water partition coefficient (Wildman–Crippen LogP) is 2.06. The molecule has 3 heteroatoms. The van der Waals surface area contributed by atoms with Gasteiger partial charge < -0.3 is 10.2 Å². The summed E-state index contributed by atoms with van der Waals surface area (Å²) in [5, 5.41) is 3.08. The molecule has 0 radical (unpaired) electrons. The van der Waals surface area contributed by atoms with Gasteiger partial charge >= 0.3 is 0 Å². The molecule has 0 aliphatic rings. The minimum absolute atomic E-state index is 0.0170. The van der Waals surface area contributed by atoms with Gasteiger partial charge in [0.1, 0.15) is 0 Å². The fraction of sp³-hybridized carbons (Fsp3) is 0.500. The molecule has 0 aromatic heterocycles. The van der Waals surface area contributed by atoms with Crippen LogP contribution >= 0.6 is 0 Å². The van der Waals surface area contributed by atoms with E-state index in [1.54, 1.807) is 0 Å². The van der Waals surface area contributed by atoms with Gasteiger partial charge in [0, 0.05) is 12.5 Å². The summed E-state index contributed by atoms with van der Waals surface area (Å²) in [7, 11) is 4.02. The Morgan fingerprint density at radius 3 is 2.29 bits per heavy atom. The summed E-state index contributed by atoms with van der Waals surface area (Å²) in [5.41, 5.74) is 1.15. The number of nitrogens with zero attached hydrogens (tertiary/aromatic N) is 1. The molecule has 1 atom stereocenters. The maximum atomic E-state index is 11.8. The zero-order valence-corrected chi connectivity index (χ0v) is 11.1. The van der Waals surface area contributed by atoms with Gasteiger partial charge in [0.25, 0.3) is 0 Å². The number of carbonyl (C=O) groups excluding carboxylic acids is 1. The van der Waals surface area contributed by atoms with E-state index in [2.05, 4.69) is 22.3 Å². The molecule has 0 aliphatic carbocycles. The lowest BCUT2D eigenvalue weighted by atomic mass is 10.1. The summed E-state index contributed by atoms with van der Waals surface area (Å²) in [6, 6.07) is 10.1. The van der Waals surface area contributed by atoms with Crippen LogP contribution in [0.2, 0.25) is 0 Å². The van der Waals surface area contributed by atoms with E-state index in [0.717, 1.165) is 12.1 Å². The van der Waals surface area contributed by atoms with E-state index in [-0.39, 0.29) is 17.9 Å². The molecule has 0 heterocycles. The lowest BCUT2D eigenvalue weighted by Crippen LogP contribution is -2.37. The molecule has 0 bridgehead atoms. The third kappa shape index (κ3) is 4.57. The third-order valence-corrected chi connectivity index (χ3v) is 2.59. The Labute approximate surface area is 104 Å². The standard InChI is InChI=1S/C14H22N2O/c1-11(2)14(17)15-13(10-16(3)4)12-8-6-5-7-9-12/h5-9,11,13H,10H2,1-4H3,(H,15,17)/t13-/m1/s1. The Kier molecular flexibility index (Phi) is 5.16. The first-order valence-corrected chi connectivity index (χ1v) is 6.00. The lowest BCUT2D eigenvalue weighted by molar-refractivity contribution is -0.124. The van der Waals surface area contributed by atoms with E-state index < -0.39 is 0 Å². The van der Waals surface area contributed by atoms with Gasteiger partial charge in [-0.05, 0) is 19.7 Å². The molecule has 1 N–H and O–H groups in total. The third-order valence-electron chi connectivity index (χ3n) is 2.59. The number of benzene rings is 1. The zero-order valence-electron chi connectivity index (χ0n) is 11.1. The summed E-state index contributed by atoms with van der Waals surface area (Å²) in [6.45, 7) is 4.63. The van der Waals surface area contributed by atoms with Crippen LogP contribution in [0.25, 0.3) is 0 Å². The van der Waals surface area contributed by atoms with E-state index in [4.69, 9.17) is 0 Å². The molecular formula is C14H22N2O. The maximum Gasteiger partial charge on any atom is 0.223 e. The zero-order chi connectivity index (χ0) is 12.8. The van der Waals surface area contributed by atoms with Crippen LogP contribution in [-0.4, -0.2) is 31.4 Å². The van der Waals surface area contributed by atoms with Crippen molar-refractivity contribution in [1.29, 1.82) is 0 Å². The molecule has 0 spiro atoms. The fourth-order valence-corrected chi connectivity index (χ4v) is 1.62. The minimum Gasteiger partial charge on any atom is -0.348 e. The second kappa shape index (κ2) is 6.40. The van der Waals surface area contributed by atoms with Crippen LogP contribution in [0, 0.1) is 5.92 Å². The number of hydrogen-bond acceptors (Lipinski definition) is 2. The van der Waals surface area contributed by atoms with Crippen molar-refractivity contribution in [3.8, 4) is 0 Å². The Morgan fingerprint density at radius 1 is 1.24 bits per heavy atom. The summed E-state index contributed by atoms with van der Waals surface area (Å²) >= 11 is 0. The Bertz CT molecular complexity index is 346. The van der Waals surface area contributed by atoms with Gasteiger partial charge in [0.05, 0.1) is 6.04 Å². The molecule has 0 unspecified atom stereocenters. The topological polar surface area (TPSA) is 32.3 Å². The van der Waals surface area contributed by atoms with E-state index >= 15 is 0 Å². The number of carbonyl (C=O) groups is 1. The molecule has 1 rings (SSSR count). The summed E-state index contributed by atoms with van der Waals surface area (Å²) in [4.78, 5) is 13.9. The van der Waals surface area contributed by atoms with Crippen molar-refractivity contribution in [1.82, 2.24) is 10.2 Å². The van der Waals surface area contributed by atoms with Crippen molar-refractivity contribution in [2.75, 3.05) is 20.6 Å². The monoisotopic (exact) mass is 234 g/mol. The van der Waals surface area contributed by atoms with Crippen LogP contribution in [0.4, 0.5) is 0 Å². The van der Waals surface area contributed by atoms with Crippen molar-refractivity contribution in [3.63, 3.8) is 0 Å². The highest BCUT2D eigenvalue weighted by atomic mass is 16.1. The molecule has 94 valence electrons. The largest absolute Gasteiger partial charge is 0.348 e. The van der Waals surface area contributed by atoms with Crippen LogP contribution in [-0.2, 0) is 4.79 Å². The predicted molar refractivity (Wildman–Crippen MR) is 70.7 cm³/mol. The van der Waals surface area contributed by atoms with Crippen molar-refractivity contribution in [2.45, 2.75) is 19.9 Å². The second-order valence-electron chi connectivity index (χ2n) is 4.89. The number of amides is 1. The van der Waals surface area contributed by atoms with Gasteiger partial charge in [-0.1, -0.05) is 44.2 Å². The number of rotatable bonds is 5. The molecule has 1 amide bonds. The molecule has 17 heavy (non-hydrogen) atoms. The molecule has 1 aromatic carbocycles. The maximum absolute atomic E-state index is 11.8. The van der Waals surface area contributed by atoms with E-state index in [1.165, 1.54) is 0 Å². The van der Waals surface area contributed by atoms with Crippen LogP contribution in [0.15, 0.2) is 30.3 Å². The van der Waals surface area contributed by atoms with Crippen molar-refractivity contribution < 1.29 is 4.79 Å². The van der Waals surface area contributed by atoms with E-state index in [1.807, 2.05) is 46.1 Å². The number of nitrogens with one attached hydrogen (secondary N) is 1. The Morgan fingerprint density at radius 2 is 1.82 bits per heavy atom. The van der Waals surface area contributed by atoms with Gasteiger partial charge in [-0.3, -0.25) is 4.79 Å². The van der Waals surface area contributed by atoms with Crippen LogP contribution in [0.1, 0.15) is 25.5 Å². The lowest BCUT2D eigenvalue weighted by Gasteiger charge is -2.23. The first-order valence-electron chi connectivity index (χ1n) is 6.00. The van der Waals surface area contributed by atoms with Gasteiger partial charge in [-0.2, -0.15) is 0 Å². The van der Waals surface area contributed by atoms with Gasteiger partial charge in [-0.15, -0.1) is 0 Å². The van der Waals surface area contributed by atoms with Crippen LogP contribution in [0.5, 0.6) is 0 Å². The Hall–Kier alpha value is -1.35. The summed E-state index contributed by atoms with van der Waals surface area (Å²) in [6.07, 6.45) is 0. The highest BCUT2D eigenvalue weighted by Crippen LogP contribution is 2.14. The minimum atomic E-state index is 0.0170. The van der Waals surface area contributed by atoms with Gasteiger partial charge in [0.15, 0.2) is 0 Å². The SMILES string of the molecule is CC(C)C(=O)N[C@H](CN(C)C)c1ccccc1. The van der Waals surface area contributed by atoms with Crippen LogP contribution in [0.3, 0.4) is 0 Å². The summed E-state index contributed by atoms with van der Waals surface area (Å²) in [5.74, 6) is 0.115. The quantitative estimate of drug-likeness (QED) is 0.846. The smallest absolute Gasteiger partial charge is 0.223 e. The molecule has 3 nitrogen and oxygen atoms in total. The number of hydrogen-bond donors (Lipinski definition) is 1. The first kappa shape index (κ1) is 13.7. The van der Waals surface area contributed by atoms with E-state index in [0.29, 0.717) is 0 Å².